The first-order chi connectivity index (χ1) is 13.4. The van der Waals surface area contributed by atoms with Crippen molar-refractivity contribution < 1.29 is 9.18 Å². The Morgan fingerprint density at radius 3 is 2.64 bits per heavy atom. The number of halogens is 2. The van der Waals surface area contributed by atoms with Gasteiger partial charge >= 0.3 is 0 Å². The van der Waals surface area contributed by atoms with E-state index in [2.05, 4.69) is 9.88 Å². The molecule has 0 atom stereocenters. The van der Waals surface area contributed by atoms with Gasteiger partial charge in [-0.2, -0.15) is 0 Å². The van der Waals surface area contributed by atoms with Crippen LogP contribution in [0.25, 0.3) is 10.2 Å². The monoisotopic (exact) mass is 437 g/mol. The molecule has 0 aliphatic carbocycles. The minimum Gasteiger partial charge on any atom is -0.309 e. The second-order valence-corrected chi connectivity index (χ2v) is 9.05. The molecule has 1 amide bonds. The predicted octanol–water partition coefficient (Wildman–Crippen LogP) is 5.17. The van der Waals surface area contributed by atoms with Gasteiger partial charge in [-0.1, -0.05) is 22.9 Å². The zero-order valence-corrected chi connectivity index (χ0v) is 18.1. The molecule has 2 aromatic carbocycles. The lowest BCUT2D eigenvalue weighted by atomic mass is 10.3. The summed E-state index contributed by atoms with van der Waals surface area (Å²) in [4.78, 5) is 22.3. The van der Waals surface area contributed by atoms with Crippen molar-refractivity contribution in [3.63, 3.8) is 0 Å². The van der Waals surface area contributed by atoms with E-state index in [1.807, 2.05) is 38.4 Å². The van der Waals surface area contributed by atoms with E-state index in [1.54, 1.807) is 11.0 Å². The van der Waals surface area contributed by atoms with Crippen molar-refractivity contribution in [3.8, 4) is 0 Å². The molecule has 3 aromatic rings. The van der Waals surface area contributed by atoms with Crippen LogP contribution in [-0.2, 0) is 4.79 Å². The number of hydrogen-bond donors (Lipinski definition) is 0. The summed E-state index contributed by atoms with van der Waals surface area (Å²) in [7, 11) is 4.01. The molecule has 0 spiro atoms. The van der Waals surface area contributed by atoms with Gasteiger partial charge in [0, 0.05) is 16.5 Å². The zero-order valence-electron chi connectivity index (χ0n) is 15.7. The summed E-state index contributed by atoms with van der Waals surface area (Å²) in [5, 5.41) is 1.28. The van der Waals surface area contributed by atoms with Crippen molar-refractivity contribution in [2.24, 2.45) is 0 Å². The van der Waals surface area contributed by atoms with E-state index >= 15 is 0 Å². The highest BCUT2D eigenvalue weighted by molar-refractivity contribution is 8.00. The molecule has 1 aromatic heterocycles. The van der Waals surface area contributed by atoms with Crippen LogP contribution in [0.15, 0.2) is 47.4 Å². The molecule has 0 saturated carbocycles. The summed E-state index contributed by atoms with van der Waals surface area (Å²) >= 11 is 8.73. The Labute approximate surface area is 177 Å². The zero-order chi connectivity index (χ0) is 20.1. The van der Waals surface area contributed by atoms with E-state index in [0.29, 0.717) is 28.0 Å². The lowest BCUT2D eigenvalue weighted by molar-refractivity contribution is -0.116. The van der Waals surface area contributed by atoms with Crippen molar-refractivity contribution >= 4 is 56.0 Å². The van der Waals surface area contributed by atoms with Gasteiger partial charge in [-0.05, 0) is 69.5 Å². The number of amides is 1. The van der Waals surface area contributed by atoms with Gasteiger partial charge in [0.2, 0.25) is 5.91 Å². The summed E-state index contributed by atoms with van der Waals surface area (Å²) in [6.07, 6.45) is 0.828. The third-order valence-electron chi connectivity index (χ3n) is 4.03. The van der Waals surface area contributed by atoms with Gasteiger partial charge in [0.1, 0.15) is 5.82 Å². The number of carbonyl (C=O) groups is 1. The highest BCUT2D eigenvalue weighted by atomic mass is 35.5. The molecule has 0 unspecified atom stereocenters. The number of hydrogen-bond acceptors (Lipinski definition) is 5. The van der Waals surface area contributed by atoms with E-state index in [4.69, 9.17) is 11.6 Å². The molecule has 4 nitrogen and oxygen atoms in total. The third kappa shape index (κ3) is 5.67. The fraction of sp³-hybridized carbons (Fsp3) is 0.300. The van der Waals surface area contributed by atoms with Gasteiger partial charge < -0.3 is 4.90 Å². The molecule has 148 valence electrons. The lowest BCUT2D eigenvalue weighted by Gasteiger charge is -2.21. The maximum absolute atomic E-state index is 13.5. The summed E-state index contributed by atoms with van der Waals surface area (Å²) in [6.45, 7) is 1.44. The second-order valence-electron chi connectivity index (χ2n) is 6.55. The average molecular weight is 438 g/mol. The van der Waals surface area contributed by atoms with Crippen LogP contribution in [0, 0.1) is 5.82 Å². The summed E-state index contributed by atoms with van der Waals surface area (Å²) in [5.74, 6) is -0.0156. The first kappa shape index (κ1) is 21.0. The van der Waals surface area contributed by atoms with Crippen LogP contribution in [-0.4, -0.2) is 48.7 Å². The maximum Gasteiger partial charge on any atom is 0.239 e. The number of thioether (sulfide) groups is 1. The number of aromatic nitrogens is 1. The van der Waals surface area contributed by atoms with Crippen LogP contribution in [0.1, 0.15) is 6.42 Å². The first-order valence-electron chi connectivity index (χ1n) is 8.82. The van der Waals surface area contributed by atoms with Gasteiger partial charge in [-0.25, -0.2) is 9.37 Å². The van der Waals surface area contributed by atoms with Crippen LogP contribution in [0.2, 0.25) is 5.02 Å². The summed E-state index contributed by atoms with van der Waals surface area (Å²) in [5.41, 5.74) is 0.706. The highest BCUT2D eigenvalue weighted by Crippen LogP contribution is 2.30. The molecule has 28 heavy (non-hydrogen) atoms. The largest absolute Gasteiger partial charge is 0.309 e. The second kappa shape index (κ2) is 9.69. The van der Waals surface area contributed by atoms with E-state index in [9.17, 15) is 9.18 Å². The lowest BCUT2D eigenvalue weighted by Crippen LogP contribution is -2.34. The summed E-state index contributed by atoms with van der Waals surface area (Å²) in [6, 6.07) is 11.9. The topological polar surface area (TPSA) is 36.4 Å². The van der Waals surface area contributed by atoms with E-state index in [-0.39, 0.29) is 11.7 Å². The molecule has 0 fully saturated rings. The molecule has 0 aliphatic heterocycles. The number of anilines is 1. The van der Waals surface area contributed by atoms with E-state index in [0.717, 1.165) is 22.6 Å². The van der Waals surface area contributed by atoms with Crippen molar-refractivity contribution in [3.05, 3.63) is 53.3 Å². The number of carbonyl (C=O) groups excluding carboxylic acids is 1. The van der Waals surface area contributed by atoms with Crippen LogP contribution in [0.4, 0.5) is 9.52 Å². The third-order valence-corrected chi connectivity index (χ3v) is 6.32. The van der Waals surface area contributed by atoms with Gasteiger partial charge in [0.15, 0.2) is 5.13 Å². The number of rotatable bonds is 8. The Morgan fingerprint density at radius 2 is 1.93 bits per heavy atom. The molecular formula is C20H21ClFN3OS2. The maximum atomic E-state index is 13.5. The number of thiazole rings is 1. The van der Waals surface area contributed by atoms with Gasteiger partial charge in [0.05, 0.1) is 16.0 Å². The molecule has 0 radical (unpaired) electrons. The molecular weight excluding hydrogens is 417 g/mol. The molecule has 0 aliphatic rings. The fourth-order valence-electron chi connectivity index (χ4n) is 2.63. The van der Waals surface area contributed by atoms with Crippen LogP contribution in [0.5, 0.6) is 0 Å². The van der Waals surface area contributed by atoms with Gasteiger partial charge in [-0.15, -0.1) is 11.8 Å². The smallest absolute Gasteiger partial charge is 0.239 e. The van der Waals surface area contributed by atoms with Crippen molar-refractivity contribution in [2.45, 2.75) is 11.3 Å². The van der Waals surface area contributed by atoms with Crippen LogP contribution in [0.3, 0.4) is 0 Å². The predicted molar refractivity (Wildman–Crippen MR) is 117 cm³/mol. The molecule has 3 rings (SSSR count). The molecule has 1 heterocycles. The Balaban J connectivity index is 1.76. The molecule has 8 heteroatoms. The van der Waals surface area contributed by atoms with Crippen LogP contribution >= 0.6 is 34.7 Å². The first-order valence-corrected chi connectivity index (χ1v) is 11.0. The molecule has 0 bridgehead atoms. The van der Waals surface area contributed by atoms with E-state index in [1.165, 1.54) is 35.2 Å². The molecule has 0 N–H and O–H groups in total. The van der Waals surface area contributed by atoms with Crippen molar-refractivity contribution in [1.82, 2.24) is 9.88 Å². The quantitative estimate of drug-likeness (QED) is 0.456. The van der Waals surface area contributed by atoms with E-state index < -0.39 is 0 Å². The highest BCUT2D eigenvalue weighted by Gasteiger charge is 2.20. The van der Waals surface area contributed by atoms with Crippen molar-refractivity contribution in [1.29, 1.82) is 0 Å². The fourth-order valence-corrected chi connectivity index (χ4v) is 4.56. The molecule has 0 saturated heterocycles. The minimum atomic E-state index is -0.300. The Morgan fingerprint density at radius 1 is 1.18 bits per heavy atom. The minimum absolute atomic E-state index is 0.0155. The standard InChI is InChI=1S/C20H21ClFN3OS2/c1-24(2)10-3-11-25(19(26)13-27-16-7-4-14(21)5-8-16)20-23-17-9-6-15(22)12-18(17)28-20/h4-9,12H,3,10-11,13H2,1-2H3. The Kier molecular flexibility index (Phi) is 7.29. The van der Waals surface area contributed by atoms with Crippen LogP contribution < -0.4 is 4.90 Å². The summed E-state index contributed by atoms with van der Waals surface area (Å²) < 4.78 is 14.3. The Hall–Kier alpha value is -1.67. The number of nitrogens with zero attached hydrogens (tertiary/aromatic N) is 3. The number of benzene rings is 2. The normalized spacial score (nSPS) is 11.3. The Bertz CT molecular complexity index is 946. The number of fused-ring (bicyclic) bond motifs is 1. The van der Waals surface area contributed by atoms with Gasteiger partial charge in [0.25, 0.3) is 0 Å². The SMILES string of the molecule is CN(C)CCCN(C(=O)CSc1ccc(Cl)cc1)c1nc2ccc(F)cc2s1. The van der Waals surface area contributed by atoms with Gasteiger partial charge in [-0.3, -0.25) is 9.69 Å². The van der Waals surface area contributed by atoms with Crippen molar-refractivity contribution in [2.75, 3.05) is 37.8 Å². The average Bonchev–Trinajstić information content (AvgIpc) is 3.07.